The molecule has 0 amide bonds. The molecule has 5 aromatic rings. The van der Waals surface area contributed by atoms with Gasteiger partial charge in [-0.15, -0.1) is 11.6 Å². The molecule has 0 spiro atoms. The van der Waals surface area contributed by atoms with E-state index in [2.05, 4.69) is 32.2 Å². The topological polar surface area (TPSA) is 128 Å². The van der Waals surface area contributed by atoms with Gasteiger partial charge in [0.25, 0.3) is 0 Å². The molecular formula is C39H38Cl2N6O4. The minimum absolute atomic E-state index is 0.254. The van der Waals surface area contributed by atoms with Gasteiger partial charge in [0.2, 0.25) is 5.89 Å². The Kier molecular flexibility index (Phi) is 9.06. The van der Waals surface area contributed by atoms with E-state index in [1.807, 2.05) is 67.7 Å². The van der Waals surface area contributed by atoms with Crippen LogP contribution in [0.4, 0.5) is 11.5 Å². The van der Waals surface area contributed by atoms with Gasteiger partial charge in [0, 0.05) is 56.2 Å². The average Bonchev–Trinajstić information content (AvgIpc) is 3.85. The zero-order chi connectivity index (χ0) is 35.3. The van der Waals surface area contributed by atoms with Crippen molar-refractivity contribution >= 4 is 68.3 Å². The van der Waals surface area contributed by atoms with Crippen molar-refractivity contribution in [3.63, 3.8) is 0 Å². The van der Waals surface area contributed by atoms with Crippen LogP contribution >= 0.6 is 23.2 Å². The Morgan fingerprint density at radius 3 is 2.69 bits per heavy atom. The second-order valence-electron chi connectivity index (χ2n) is 14.0. The third-order valence-electron chi connectivity index (χ3n) is 10.2. The van der Waals surface area contributed by atoms with E-state index in [-0.39, 0.29) is 17.9 Å². The smallest absolute Gasteiger partial charge is 0.307 e. The molecule has 3 aliphatic rings. The first-order valence-electron chi connectivity index (χ1n) is 17.2. The Morgan fingerprint density at radius 1 is 1.06 bits per heavy atom. The summed E-state index contributed by atoms with van der Waals surface area (Å²) in [6.07, 6.45) is 10.9. The normalized spacial score (nSPS) is 24.1. The number of pyridine rings is 2. The Morgan fingerprint density at radius 2 is 1.88 bits per heavy atom. The van der Waals surface area contributed by atoms with Crippen molar-refractivity contribution in [3.05, 3.63) is 107 Å². The summed E-state index contributed by atoms with van der Waals surface area (Å²) >= 11 is 14.1. The van der Waals surface area contributed by atoms with Gasteiger partial charge in [-0.05, 0) is 85.0 Å². The van der Waals surface area contributed by atoms with Crippen LogP contribution in [0.5, 0.6) is 0 Å². The summed E-state index contributed by atoms with van der Waals surface area (Å²) in [7, 11) is 0. The largest absolute Gasteiger partial charge is 0.481 e. The quantitative estimate of drug-likeness (QED) is 0.133. The highest BCUT2D eigenvalue weighted by atomic mass is 35.5. The molecular weight excluding hydrogens is 687 g/mol. The summed E-state index contributed by atoms with van der Waals surface area (Å²) in [5.41, 5.74) is 6.67. The number of aliphatic carboxylic acids is 1. The van der Waals surface area contributed by atoms with Crippen molar-refractivity contribution < 1.29 is 19.4 Å². The number of hydrogen-bond acceptors (Lipinski definition) is 9. The zero-order valence-corrected chi connectivity index (χ0v) is 29.6. The average molecular weight is 726 g/mol. The van der Waals surface area contributed by atoms with Crippen LogP contribution in [0.3, 0.4) is 0 Å². The number of aromatic nitrogens is 3. The maximum atomic E-state index is 11.4. The van der Waals surface area contributed by atoms with E-state index in [1.54, 1.807) is 6.20 Å². The number of alkyl halides is 1. The monoisotopic (exact) mass is 724 g/mol. The molecule has 0 radical (unpaired) electrons. The number of likely N-dealkylation sites (tertiary alicyclic amines) is 2. The number of nitrogens with zero attached hydrogens (tertiary/aromatic N) is 5. The number of nitrogens with one attached hydrogen (secondary N) is 1. The molecule has 3 N–H and O–H groups in total. The number of aliphatic hydroxyl groups is 1. The summed E-state index contributed by atoms with van der Waals surface area (Å²) in [5, 5.41) is 24.2. The van der Waals surface area contributed by atoms with Gasteiger partial charge in [0.15, 0.2) is 11.4 Å². The molecule has 2 unspecified atom stereocenters. The molecule has 2 aliphatic heterocycles. The van der Waals surface area contributed by atoms with Crippen LogP contribution in [-0.4, -0.2) is 78.1 Å². The first-order valence-corrected chi connectivity index (χ1v) is 18.0. The lowest BCUT2D eigenvalue weighted by Crippen LogP contribution is -2.29. The number of allylic oxidation sites excluding steroid dienone is 4. The van der Waals surface area contributed by atoms with Gasteiger partial charge in [-0.3, -0.25) is 19.6 Å². The van der Waals surface area contributed by atoms with Crippen LogP contribution in [-0.2, 0) is 17.9 Å². The molecule has 2 aromatic carbocycles. The molecule has 2 saturated heterocycles. The molecule has 5 heterocycles. The van der Waals surface area contributed by atoms with E-state index in [0.29, 0.717) is 53.9 Å². The van der Waals surface area contributed by atoms with Crippen LogP contribution in [0.25, 0.3) is 27.6 Å². The van der Waals surface area contributed by atoms with Gasteiger partial charge in [-0.25, -0.2) is 9.97 Å². The van der Waals surface area contributed by atoms with E-state index in [9.17, 15) is 15.0 Å². The minimum Gasteiger partial charge on any atom is -0.481 e. The fourth-order valence-electron chi connectivity index (χ4n) is 7.59. The lowest BCUT2D eigenvalue weighted by molar-refractivity contribution is -0.141. The summed E-state index contributed by atoms with van der Waals surface area (Å²) in [6, 6.07) is 16.0. The molecule has 10 nitrogen and oxygen atoms in total. The maximum absolute atomic E-state index is 11.4. The lowest BCUT2D eigenvalue weighted by atomic mass is 9.79. The fourth-order valence-corrected chi connectivity index (χ4v) is 8.20. The first kappa shape index (κ1) is 33.8. The fraction of sp³-hybridized carbons (Fsp3) is 0.333. The highest BCUT2D eigenvalue weighted by molar-refractivity contribution is 6.34. The van der Waals surface area contributed by atoms with E-state index in [4.69, 9.17) is 37.6 Å². The number of rotatable bonds is 9. The predicted molar refractivity (Wildman–Crippen MR) is 199 cm³/mol. The standard InChI is InChI=1S/C39H38Cl2N6O4/c1-39(41)30(6-3-7-31(39)37-45-33-16-23(15-32(40)35(33)51-37)19-46-12-9-27(21-46)38(49)50)25-4-2-5-28(17-25)44-36-34-26(8-11-42-36)14-24(18-43-34)20-47-13-10-29(48)22-47/h2-8,11,14-18,27,29,31,48H,9-10,12-13,19-22H2,1H3,(H,42,44)(H,49,50)/t27-,29-,31?,39?/m1/s1. The molecule has 0 bridgehead atoms. The van der Waals surface area contributed by atoms with Gasteiger partial charge in [-0.1, -0.05) is 42.0 Å². The molecule has 1 aliphatic carbocycles. The number of β-amino-alcohol motifs (C(OH)–C–C–N with tert-alkyl or cyclic N) is 1. The Labute approximate surface area is 305 Å². The molecule has 3 aromatic heterocycles. The summed E-state index contributed by atoms with van der Waals surface area (Å²) in [6.45, 7) is 6.12. The Bertz CT molecular complexity index is 2200. The van der Waals surface area contributed by atoms with Crippen molar-refractivity contribution in [3.8, 4) is 0 Å². The summed E-state index contributed by atoms with van der Waals surface area (Å²) in [5.74, 6) is -0.344. The predicted octanol–water partition coefficient (Wildman–Crippen LogP) is 7.38. The highest BCUT2D eigenvalue weighted by Crippen LogP contribution is 2.48. The van der Waals surface area contributed by atoms with Crippen LogP contribution in [0.15, 0.2) is 83.6 Å². The number of carbonyl (C=O) groups is 1. The number of carboxylic acids is 1. The van der Waals surface area contributed by atoms with Crippen LogP contribution < -0.4 is 5.32 Å². The first-order chi connectivity index (χ1) is 24.6. The number of halogens is 2. The van der Waals surface area contributed by atoms with E-state index < -0.39 is 10.8 Å². The molecule has 2 fully saturated rings. The van der Waals surface area contributed by atoms with E-state index in [1.165, 1.54) is 0 Å². The second kappa shape index (κ2) is 13.7. The highest BCUT2D eigenvalue weighted by Gasteiger charge is 2.41. The third-order valence-corrected chi connectivity index (χ3v) is 11.0. The van der Waals surface area contributed by atoms with Crippen molar-refractivity contribution in [2.24, 2.45) is 5.92 Å². The molecule has 262 valence electrons. The zero-order valence-electron chi connectivity index (χ0n) is 28.1. The minimum atomic E-state index is -0.897. The van der Waals surface area contributed by atoms with Crippen molar-refractivity contribution in [2.75, 3.05) is 31.5 Å². The molecule has 8 rings (SSSR count). The van der Waals surface area contributed by atoms with Gasteiger partial charge >= 0.3 is 5.97 Å². The number of carboxylic acid groups (broad SMARTS) is 1. The molecule has 4 atom stereocenters. The van der Waals surface area contributed by atoms with Crippen molar-refractivity contribution in [1.82, 2.24) is 24.8 Å². The number of anilines is 2. The molecule has 12 heteroatoms. The molecule has 0 saturated carbocycles. The SMILES string of the molecule is CC1(Cl)C(c2cccc(Nc3nccc4cc(CN5CC[C@@H](O)C5)cnc34)c2)=CC=CC1c1nc2cc(CN3CC[C@@H](C(=O)O)C3)cc(Cl)c2o1. The number of hydrogen-bond donors (Lipinski definition) is 3. The van der Waals surface area contributed by atoms with Gasteiger partial charge in [0.1, 0.15) is 11.0 Å². The summed E-state index contributed by atoms with van der Waals surface area (Å²) < 4.78 is 6.29. The number of benzene rings is 2. The van der Waals surface area contributed by atoms with E-state index >= 15 is 0 Å². The van der Waals surface area contributed by atoms with Gasteiger partial charge in [0.05, 0.1) is 27.8 Å². The lowest BCUT2D eigenvalue weighted by Gasteiger charge is -2.33. The summed E-state index contributed by atoms with van der Waals surface area (Å²) in [4.78, 5) is 29.2. The van der Waals surface area contributed by atoms with Gasteiger partial charge < -0.3 is 19.9 Å². The van der Waals surface area contributed by atoms with Crippen molar-refractivity contribution in [2.45, 2.75) is 49.8 Å². The van der Waals surface area contributed by atoms with Crippen LogP contribution in [0, 0.1) is 5.92 Å². The van der Waals surface area contributed by atoms with E-state index in [0.717, 1.165) is 64.9 Å². The second-order valence-corrected chi connectivity index (χ2v) is 15.2. The Balaban J connectivity index is 1.01. The Hall–Kier alpha value is -4.32. The molecule has 51 heavy (non-hydrogen) atoms. The number of oxazole rings is 1. The van der Waals surface area contributed by atoms with Crippen LogP contribution in [0.1, 0.15) is 48.3 Å². The maximum Gasteiger partial charge on any atom is 0.307 e. The number of fused-ring (bicyclic) bond motifs is 2. The third kappa shape index (κ3) is 6.86. The van der Waals surface area contributed by atoms with Crippen molar-refractivity contribution in [1.29, 1.82) is 0 Å². The van der Waals surface area contributed by atoms with Crippen LogP contribution in [0.2, 0.25) is 5.02 Å². The van der Waals surface area contributed by atoms with Gasteiger partial charge in [-0.2, -0.15) is 0 Å². The number of aliphatic hydroxyl groups excluding tert-OH is 1.